The van der Waals surface area contributed by atoms with E-state index in [-0.39, 0.29) is 5.41 Å². The number of nitrogens with zero attached hydrogens (tertiary/aromatic N) is 2. The molecule has 4 heteroatoms. The van der Waals surface area contributed by atoms with E-state index in [9.17, 15) is 0 Å². The SMILES string of the molecule is NC(=S)C1(c2cnccn2)CC1. The van der Waals surface area contributed by atoms with Gasteiger partial charge in [0.2, 0.25) is 0 Å². The third-order valence-electron chi connectivity index (χ3n) is 2.28. The van der Waals surface area contributed by atoms with Crippen molar-refractivity contribution in [1.82, 2.24) is 9.97 Å². The van der Waals surface area contributed by atoms with Gasteiger partial charge >= 0.3 is 0 Å². The van der Waals surface area contributed by atoms with E-state index in [2.05, 4.69) is 9.97 Å². The molecule has 12 heavy (non-hydrogen) atoms. The van der Waals surface area contributed by atoms with E-state index in [4.69, 9.17) is 18.0 Å². The Labute approximate surface area is 76.0 Å². The van der Waals surface area contributed by atoms with Gasteiger partial charge < -0.3 is 5.73 Å². The Morgan fingerprint density at radius 2 is 2.25 bits per heavy atom. The van der Waals surface area contributed by atoms with Crippen LogP contribution in [-0.2, 0) is 5.41 Å². The molecule has 0 unspecified atom stereocenters. The van der Waals surface area contributed by atoms with Gasteiger partial charge in [-0.15, -0.1) is 0 Å². The summed E-state index contributed by atoms with van der Waals surface area (Å²) in [6, 6.07) is 0. The van der Waals surface area contributed by atoms with Crippen molar-refractivity contribution in [2.75, 3.05) is 0 Å². The van der Waals surface area contributed by atoms with Crippen LogP contribution in [0.5, 0.6) is 0 Å². The first kappa shape index (κ1) is 7.61. The van der Waals surface area contributed by atoms with E-state index in [0.717, 1.165) is 18.5 Å². The zero-order valence-electron chi connectivity index (χ0n) is 6.53. The molecule has 1 aromatic heterocycles. The van der Waals surface area contributed by atoms with Crippen molar-refractivity contribution in [1.29, 1.82) is 0 Å². The Morgan fingerprint density at radius 1 is 1.50 bits per heavy atom. The van der Waals surface area contributed by atoms with Crippen LogP contribution in [0.25, 0.3) is 0 Å². The van der Waals surface area contributed by atoms with Crippen LogP contribution in [0, 0.1) is 0 Å². The minimum Gasteiger partial charge on any atom is -0.393 e. The lowest BCUT2D eigenvalue weighted by Crippen LogP contribution is -2.27. The molecular formula is C8H9N3S. The second-order valence-electron chi connectivity index (χ2n) is 3.04. The van der Waals surface area contributed by atoms with Crippen molar-refractivity contribution in [3.05, 3.63) is 24.3 Å². The van der Waals surface area contributed by atoms with Crippen LogP contribution < -0.4 is 5.73 Å². The second-order valence-corrected chi connectivity index (χ2v) is 3.48. The second kappa shape index (κ2) is 2.48. The highest BCUT2D eigenvalue weighted by atomic mass is 32.1. The van der Waals surface area contributed by atoms with Crippen molar-refractivity contribution in [3.8, 4) is 0 Å². The molecule has 0 aliphatic heterocycles. The number of nitrogens with two attached hydrogens (primary N) is 1. The van der Waals surface area contributed by atoms with Gasteiger partial charge in [0, 0.05) is 18.6 Å². The molecule has 0 atom stereocenters. The van der Waals surface area contributed by atoms with Crippen molar-refractivity contribution in [2.24, 2.45) is 5.73 Å². The van der Waals surface area contributed by atoms with Crippen LogP contribution in [0.1, 0.15) is 18.5 Å². The topological polar surface area (TPSA) is 51.8 Å². The van der Waals surface area contributed by atoms with Crippen LogP contribution in [-0.4, -0.2) is 15.0 Å². The minimum atomic E-state index is -0.121. The van der Waals surface area contributed by atoms with E-state index in [0.29, 0.717) is 4.99 Å². The van der Waals surface area contributed by atoms with Gasteiger partial charge in [0.15, 0.2) is 0 Å². The molecule has 3 nitrogen and oxygen atoms in total. The van der Waals surface area contributed by atoms with E-state index < -0.39 is 0 Å². The zero-order valence-corrected chi connectivity index (χ0v) is 7.34. The Hall–Kier alpha value is -1.03. The standard InChI is InChI=1S/C8H9N3S/c9-7(12)8(1-2-8)6-5-10-3-4-11-6/h3-5H,1-2H2,(H2,9,12). The molecule has 2 rings (SSSR count). The van der Waals surface area contributed by atoms with Crippen LogP contribution in [0.2, 0.25) is 0 Å². The average Bonchev–Trinajstić information content (AvgIpc) is 2.86. The van der Waals surface area contributed by atoms with Crippen LogP contribution in [0.3, 0.4) is 0 Å². The smallest absolute Gasteiger partial charge is 0.0851 e. The first-order chi connectivity index (χ1) is 5.76. The Morgan fingerprint density at radius 3 is 2.67 bits per heavy atom. The van der Waals surface area contributed by atoms with Gasteiger partial charge in [0.1, 0.15) is 0 Å². The summed E-state index contributed by atoms with van der Waals surface area (Å²) in [5.74, 6) is 0. The quantitative estimate of drug-likeness (QED) is 0.682. The van der Waals surface area contributed by atoms with E-state index in [1.54, 1.807) is 18.6 Å². The average molecular weight is 179 g/mol. The molecular weight excluding hydrogens is 170 g/mol. The molecule has 0 saturated heterocycles. The van der Waals surface area contributed by atoms with Crippen molar-refractivity contribution in [2.45, 2.75) is 18.3 Å². The lowest BCUT2D eigenvalue weighted by Gasteiger charge is -2.10. The molecule has 0 aromatic carbocycles. The summed E-state index contributed by atoms with van der Waals surface area (Å²) in [7, 11) is 0. The first-order valence-electron chi connectivity index (χ1n) is 3.82. The van der Waals surface area contributed by atoms with Crippen LogP contribution >= 0.6 is 12.2 Å². The molecule has 1 saturated carbocycles. The zero-order chi connectivity index (χ0) is 8.60. The summed E-state index contributed by atoms with van der Waals surface area (Å²) in [6.45, 7) is 0. The third kappa shape index (κ3) is 0.992. The summed E-state index contributed by atoms with van der Waals surface area (Å²) in [5.41, 5.74) is 6.42. The summed E-state index contributed by atoms with van der Waals surface area (Å²) in [4.78, 5) is 8.74. The van der Waals surface area contributed by atoms with E-state index in [1.165, 1.54) is 0 Å². The molecule has 1 heterocycles. The Balaban J connectivity index is 2.37. The molecule has 1 fully saturated rings. The van der Waals surface area contributed by atoms with Crippen LogP contribution in [0.4, 0.5) is 0 Å². The fourth-order valence-electron chi connectivity index (χ4n) is 1.30. The van der Waals surface area contributed by atoms with Crippen molar-refractivity contribution < 1.29 is 0 Å². The lowest BCUT2D eigenvalue weighted by molar-refractivity contribution is 0.874. The highest BCUT2D eigenvalue weighted by Gasteiger charge is 2.48. The molecule has 2 N–H and O–H groups in total. The van der Waals surface area contributed by atoms with Gasteiger partial charge in [-0.2, -0.15) is 0 Å². The normalized spacial score (nSPS) is 18.7. The molecule has 1 aliphatic carbocycles. The predicted molar refractivity (Wildman–Crippen MR) is 49.7 cm³/mol. The highest BCUT2D eigenvalue weighted by Crippen LogP contribution is 2.47. The van der Waals surface area contributed by atoms with Gasteiger partial charge in [-0.3, -0.25) is 9.97 Å². The van der Waals surface area contributed by atoms with Gasteiger partial charge in [-0.05, 0) is 12.8 Å². The maximum Gasteiger partial charge on any atom is 0.0851 e. The highest BCUT2D eigenvalue weighted by molar-refractivity contribution is 7.80. The molecule has 0 amide bonds. The van der Waals surface area contributed by atoms with Gasteiger partial charge in [-0.25, -0.2) is 0 Å². The van der Waals surface area contributed by atoms with Gasteiger partial charge in [-0.1, -0.05) is 12.2 Å². The number of aromatic nitrogens is 2. The summed E-state index contributed by atoms with van der Waals surface area (Å²) in [6.07, 6.45) is 7.10. The predicted octanol–water partition coefficient (Wildman–Crippen LogP) is 0.794. The monoisotopic (exact) mass is 179 g/mol. The fraction of sp³-hybridized carbons (Fsp3) is 0.375. The molecule has 62 valence electrons. The Kier molecular flexibility index (Phi) is 1.58. The number of hydrogen-bond acceptors (Lipinski definition) is 3. The Bertz CT molecular complexity index is 305. The minimum absolute atomic E-state index is 0.121. The lowest BCUT2D eigenvalue weighted by atomic mass is 10.0. The summed E-state index contributed by atoms with van der Waals surface area (Å²) >= 11 is 4.99. The fourth-order valence-corrected chi connectivity index (χ4v) is 1.61. The number of thiocarbonyl (C=S) groups is 1. The van der Waals surface area contributed by atoms with Gasteiger partial charge in [0.05, 0.1) is 16.1 Å². The maximum atomic E-state index is 5.63. The van der Waals surface area contributed by atoms with Crippen molar-refractivity contribution >= 4 is 17.2 Å². The number of hydrogen-bond donors (Lipinski definition) is 1. The number of rotatable bonds is 2. The molecule has 0 radical (unpaired) electrons. The maximum absolute atomic E-state index is 5.63. The first-order valence-corrected chi connectivity index (χ1v) is 4.23. The van der Waals surface area contributed by atoms with Crippen molar-refractivity contribution in [3.63, 3.8) is 0 Å². The molecule has 1 aliphatic rings. The summed E-state index contributed by atoms with van der Waals surface area (Å²) in [5, 5.41) is 0. The van der Waals surface area contributed by atoms with E-state index >= 15 is 0 Å². The van der Waals surface area contributed by atoms with Gasteiger partial charge in [0.25, 0.3) is 0 Å². The largest absolute Gasteiger partial charge is 0.393 e. The molecule has 0 spiro atoms. The molecule has 1 aromatic rings. The van der Waals surface area contributed by atoms with E-state index in [1.807, 2.05) is 0 Å². The molecule has 0 bridgehead atoms. The third-order valence-corrected chi connectivity index (χ3v) is 2.67. The summed E-state index contributed by atoms with van der Waals surface area (Å²) < 4.78 is 0. The van der Waals surface area contributed by atoms with Crippen LogP contribution in [0.15, 0.2) is 18.6 Å².